The second-order valence-corrected chi connectivity index (χ2v) is 2.76. The first-order valence-corrected chi connectivity index (χ1v) is 3.97. The Morgan fingerprint density at radius 3 is 2.67 bits per heavy atom. The van der Waals surface area contributed by atoms with Gasteiger partial charge in [0, 0.05) is 0 Å². The first-order valence-electron chi connectivity index (χ1n) is 3.97. The predicted molar refractivity (Wildman–Crippen MR) is 47.6 cm³/mol. The van der Waals surface area contributed by atoms with Gasteiger partial charge >= 0.3 is 0 Å². The van der Waals surface area contributed by atoms with Crippen molar-refractivity contribution in [3.63, 3.8) is 0 Å². The zero-order valence-electron chi connectivity index (χ0n) is 7.29. The van der Waals surface area contributed by atoms with Gasteiger partial charge in [-0.05, 0) is 30.5 Å². The molecule has 0 bridgehead atoms. The fraction of sp³-hybridized carbons (Fsp3) is 0.300. The third-order valence-corrected chi connectivity index (χ3v) is 2.08. The lowest BCUT2D eigenvalue weighted by Gasteiger charge is -2.06. The normalized spacial score (nSPS) is 9.83. The number of phenols is 1. The van der Waals surface area contributed by atoms with Gasteiger partial charge in [-0.1, -0.05) is 13.0 Å². The first-order chi connectivity index (χ1) is 5.70. The van der Waals surface area contributed by atoms with E-state index in [4.69, 9.17) is 0 Å². The van der Waals surface area contributed by atoms with Crippen molar-refractivity contribution in [1.82, 2.24) is 0 Å². The van der Waals surface area contributed by atoms with Gasteiger partial charge in [0.15, 0.2) is 6.29 Å². The summed E-state index contributed by atoms with van der Waals surface area (Å²) < 4.78 is 0. The van der Waals surface area contributed by atoms with Gasteiger partial charge in [0.05, 0.1) is 5.56 Å². The minimum absolute atomic E-state index is 0.115. The molecule has 0 aliphatic carbocycles. The molecule has 0 saturated heterocycles. The Kier molecular flexibility index (Phi) is 2.48. The van der Waals surface area contributed by atoms with Crippen LogP contribution in [0.5, 0.6) is 5.75 Å². The molecule has 0 heterocycles. The van der Waals surface area contributed by atoms with Crippen LogP contribution in [-0.2, 0) is 6.42 Å². The van der Waals surface area contributed by atoms with Gasteiger partial charge in [-0.15, -0.1) is 0 Å². The second kappa shape index (κ2) is 3.39. The van der Waals surface area contributed by atoms with E-state index in [1.807, 2.05) is 19.9 Å². The molecule has 0 aromatic heterocycles. The van der Waals surface area contributed by atoms with Crippen LogP contribution < -0.4 is 0 Å². The Morgan fingerprint density at radius 1 is 1.50 bits per heavy atom. The summed E-state index contributed by atoms with van der Waals surface area (Å²) in [7, 11) is 0. The summed E-state index contributed by atoms with van der Waals surface area (Å²) in [5.41, 5.74) is 2.25. The molecule has 0 aliphatic rings. The maximum atomic E-state index is 10.4. The van der Waals surface area contributed by atoms with Gasteiger partial charge in [-0.25, -0.2) is 0 Å². The molecule has 0 spiro atoms. The lowest BCUT2D eigenvalue weighted by molar-refractivity contribution is 0.112. The minimum atomic E-state index is 0.115. The summed E-state index contributed by atoms with van der Waals surface area (Å²) in [5.74, 6) is 0.115. The fourth-order valence-electron chi connectivity index (χ4n) is 1.24. The van der Waals surface area contributed by atoms with Crippen LogP contribution in [0, 0.1) is 6.92 Å². The number of aldehydes is 1. The second-order valence-electron chi connectivity index (χ2n) is 2.76. The quantitative estimate of drug-likeness (QED) is 0.679. The number of benzene rings is 1. The number of carbonyl (C=O) groups is 1. The Hall–Kier alpha value is -1.31. The topological polar surface area (TPSA) is 37.3 Å². The number of hydrogen-bond donors (Lipinski definition) is 1. The van der Waals surface area contributed by atoms with Gasteiger partial charge < -0.3 is 5.11 Å². The molecule has 0 saturated carbocycles. The van der Waals surface area contributed by atoms with Crippen LogP contribution in [0.2, 0.25) is 0 Å². The summed E-state index contributed by atoms with van der Waals surface area (Å²) in [6.07, 6.45) is 1.54. The molecule has 64 valence electrons. The number of phenolic OH excluding ortho intramolecular Hbond substituents is 1. The predicted octanol–water partition coefficient (Wildman–Crippen LogP) is 2.08. The molecule has 1 aromatic carbocycles. The Balaban J connectivity index is 3.29. The van der Waals surface area contributed by atoms with Crippen molar-refractivity contribution in [3.05, 3.63) is 28.8 Å². The summed E-state index contributed by atoms with van der Waals surface area (Å²) in [5, 5.41) is 9.48. The summed E-state index contributed by atoms with van der Waals surface area (Å²) >= 11 is 0. The van der Waals surface area contributed by atoms with Crippen molar-refractivity contribution < 1.29 is 9.90 Å². The van der Waals surface area contributed by atoms with E-state index in [2.05, 4.69) is 0 Å². The highest BCUT2D eigenvalue weighted by Gasteiger charge is 2.05. The van der Waals surface area contributed by atoms with Crippen molar-refractivity contribution in [2.75, 3.05) is 0 Å². The summed E-state index contributed by atoms with van der Waals surface area (Å²) in [6, 6.07) is 3.52. The lowest BCUT2D eigenvalue weighted by atomic mass is 10.0. The number of hydrogen-bond acceptors (Lipinski definition) is 2. The molecule has 1 aromatic rings. The highest BCUT2D eigenvalue weighted by molar-refractivity contribution is 5.80. The van der Waals surface area contributed by atoms with E-state index in [0.29, 0.717) is 11.8 Å². The summed E-state index contributed by atoms with van der Waals surface area (Å²) in [4.78, 5) is 10.4. The van der Waals surface area contributed by atoms with E-state index < -0.39 is 0 Å². The third kappa shape index (κ3) is 1.33. The molecule has 0 amide bonds. The average molecular weight is 164 g/mol. The van der Waals surface area contributed by atoms with Crippen molar-refractivity contribution in [2.24, 2.45) is 0 Å². The zero-order valence-corrected chi connectivity index (χ0v) is 7.29. The molecular formula is C10H12O2. The van der Waals surface area contributed by atoms with Crippen LogP contribution >= 0.6 is 0 Å². The van der Waals surface area contributed by atoms with Gasteiger partial charge in [-0.2, -0.15) is 0 Å². The van der Waals surface area contributed by atoms with E-state index in [0.717, 1.165) is 17.5 Å². The largest absolute Gasteiger partial charge is 0.507 e. The van der Waals surface area contributed by atoms with Crippen molar-refractivity contribution >= 4 is 6.29 Å². The molecule has 1 rings (SSSR count). The van der Waals surface area contributed by atoms with Gasteiger partial charge in [0.2, 0.25) is 0 Å². The number of rotatable bonds is 2. The maximum Gasteiger partial charge on any atom is 0.153 e. The van der Waals surface area contributed by atoms with E-state index in [-0.39, 0.29) is 5.75 Å². The maximum absolute atomic E-state index is 10.4. The molecule has 1 N–H and O–H groups in total. The van der Waals surface area contributed by atoms with Gasteiger partial charge in [0.1, 0.15) is 5.75 Å². The van der Waals surface area contributed by atoms with Crippen molar-refractivity contribution in [2.45, 2.75) is 20.3 Å². The van der Waals surface area contributed by atoms with Crippen molar-refractivity contribution in [3.8, 4) is 5.75 Å². The van der Waals surface area contributed by atoms with Crippen LogP contribution in [0.4, 0.5) is 0 Å². The highest BCUT2D eigenvalue weighted by Crippen LogP contribution is 2.23. The molecule has 12 heavy (non-hydrogen) atoms. The number of aryl methyl sites for hydroxylation is 1. The molecule has 0 atom stereocenters. The molecule has 0 radical (unpaired) electrons. The SMILES string of the molecule is CCc1ccc(C=O)c(O)c1C. The Labute approximate surface area is 71.8 Å². The molecule has 0 aliphatic heterocycles. The van der Waals surface area contributed by atoms with E-state index in [1.165, 1.54) is 0 Å². The van der Waals surface area contributed by atoms with Gasteiger partial charge in [-0.3, -0.25) is 4.79 Å². The first kappa shape index (κ1) is 8.78. The fourth-order valence-corrected chi connectivity index (χ4v) is 1.24. The van der Waals surface area contributed by atoms with Crippen LogP contribution in [-0.4, -0.2) is 11.4 Å². The van der Waals surface area contributed by atoms with Crippen LogP contribution in [0.1, 0.15) is 28.4 Å². The number of carbonyl (C=O) groups excluding carboxylic acids is 1. The van der Waals surface area contributed by atoms with Crippen LogP contribution in [0.25, 0.3) is 0 Å². The zero-order chi connectivity index (χ0) is 9.14. The Bertz CT molecular complexity index is 303. The van der Waals surface area contributed by atoms with Gasteiger partial charge in [0.25, 0.3) is 0 Å². The van der Waals surface area contributed by atoms with E-state index >= 15 is 0 Å². The molecule has 0 unspecified atom stereocenters. The molecular weight excluding hydrogens is 152 g/mol. The Morgan fingerprint density at radius 2 is 2.17 bits per heavy atom. The van der Waals surface area contributed by atoms with E-state index in [9.17, 15) is 9.90 Å². The molecule has 2 nitrogen and oxygen atoms in total. The van der Waals surface area contributed by atoms with Crippen LogP contribution in [0.15, 0.2) is 12.1 Å². The minimum Gasteiger partial charge on any atom is -0.507 e. The third-order valence-electron chi connectivity index (χ3n) is 2.08. The molecule has 0 fully saturated rings. The smallest absolute Gasteiger partial charge is 0.153 e. The highest BCUT2D eigenvalue weighted by atomic mass is 16.3. The lowest BCUT2D eigenvalue weighted by Crippen LogP contribution is -1.90. The average Bonchev–Trinajstić information content (AvgIpc) is 2.10. The summed E-state index contributed by atoms with van der Waals surface area (Å²) in [6.45, 7) is 3.84. The number of aromatic hydroxyl groups is 1. The van der Waals surface area contributed by atoms with Crippen LogP contribution in [0.3, 0.4) is 0 Å². The monoisotopic (exact) mass is 164 g/mol. The van der Waals surface area contributed by atoms with E-state index in [1.54, 1.807) is 6.07 Å². The molecule has 2 heteroatoms. The van der Waals surface area contributed by atoms with Crippen molar-refractivity contribution in [1.29, 1.82) is 0 Å². The standard InChI is InChI=1S/C10H12O2/c1-3-8-4-5-9(6-11)10(12)7(8)2/h4-6,12H,3H2,1-2H3.